The summed E-state index contributed by atoms with van der Waals surface area (Å²) in [4.78, 5) is 46.6. The Morgan fingerprint density at radius 3 is 1.46 bits per heavy atom. The Morgan fingerprint density at radius 2 is 1.06 bits per heavy atom. The highest BCUT2D eigenvalue weighted by Crippen LogP contribution is 2.35. The molecular weight excluding hydrogens is 1140 g/mol. The second kappa shape index (κ2) is 23.4. The average molecular weight is 1190 g/mol. The van der Waals surface area contributed by atoms with Crippen molar-refractivity contribution in [2.75, 3.05) is 37.7 Å². The lowest BCUT2D eigenvalue weighted by Gasteiger charge is -2.34. The molecule has 4 heterocycles. The van der Waals surface area contributed by atoms with Gasteiger partial charge in [0, 0.05) is 53.8 Å². The number of hydrogen-bond donors (Lipinski definition) is 3. The number of nitrogens with zero attached hydrogens (tertiary/aromatic N) is 4. The van der Waals surface area contributed by atoms with Crippen molar-refractivity contribution >= 4 is 77.2 Å². The van der Waals surface area contributed by atoms with Crippen LogP contribution < -0.4 is 25.8 Å². The number of sulfone groups is 1. The second-order valence-electron chi connectivity index (χ2n) is 20.5. The van der Waals surface area contributed by atoms with E-state index in [9.17, 15) is 66.0 Å². The molecule has 4 N–H and O–H groups in total. The van der Waals surface area contributed by atoms with Gasteiger partial charge in [-0.05, 0) is 137 Å². The maximum Gasteiger partial charge on any atom is 0.573 e. The van der Waals surface area contributed by atoms with Gasteiger partial charge in [0.15, 0.2) is 9.84 Å². The molecule has 2 saturated heterocycles. The van der Waals surface area contributed by atoms with Gasteiger partial charge in [-0.1, -0.05) is 48.5 Å². The van der Waals surface area contributed by atoms with Gasteiger partial charge in [-0.2, -0.15) is 8.61 Å². The summed E-state index contributed by atoms with van der Waals surface area (Å²) in [7, 11) is -11.5. The molecule has 0 atom stereocenters. The van der Waals surface area contributed by atoms with Crippen LogP contribution in [0.3, 0.4) is 0 Å². The van der Waals surface area contributed by atoms with Crippen LogP contribution in [-0.2, 0) is 54.8 Å². The Kier molecular flexibility index (Phi) is 17.7. The lowest BCUT2D eigenvalue weighted by molar-refractivity contribution is -0.275. The van der Waals surface area contributed by atoms with Crippen LogP contribution in [0.1, 0.15) is 85.4 Å². The van der Waals surface area contributed by atoms with Crippen LogP contribution >= 0.6 is 0 Å². The molecule has 19 nitrogen and oxygen atoms in total. The number of ether oxygens (including phenoxy) is 3. The minimum Gasteiger partial charge on any atom is -0.459 e. The van der Waals surface area contributed by atoms with Crippen LogP contribution in [-0.4, -0.2) is 125 Å². The molecule has 0 radical (unpaired) electrons. The largest absolute Gasteiger partial charge is 0.573 e. The van der Waals surface area contributed by atoms with Gasteiger partial charge in [0.25, 0.3) is 11.8 Å². The second-order valence-corrected chi connectivity index (χ2v) is 26.2. The number of halogens is 6. The van der Waals surface area contributed by atoms with Gasteiger partial charge in [-0.3, -0.25) is 24.4 Å². The third-order valence-corrected chi connectivity index (χ3v) is 17.7. The van der Waals surface area contributed by atoms with Crippen molar-refractivity contribution in [3.8, 4) is 11.5 Å². The van der Waals surface area contributed by atoms with Crippen LogP contribution in [0.25, 0.3) is 12.2 Å². The number of aryl methyl sites for hydroxylation is 2. The van der Waals surface area contributed by atoms with E-state index < -0.39 is 100 Å². The first-order valence-electron chi connectivity index (χ1n) is 24.8. The summed E-state index contributed by atoms with van der Waals surface area (Å²) in [6.07, 6.45) is -6.46. The van der Waals surface area contributed by atoms with Crippen molar-refractivity contribution in [1.82, 2.24) is 19.2 Å². The van der Waals surface area contributed by atoms with E-state index in [0.29, 0.717) is 22.4 Å². The summed E-state index contributed by atoms with van der Waals surface area (Å²) >= 11 is 0. The number of nitrogens with one attached hydrogen (secondary N) is 2. The minimum absolute atomic E-state index is 0.0263. The smallest absolute Gasteiger partial charge is 0.459 e. The quantitative estimate of drug-likeness (QED) is 0.0650. The van der Waals surface area contributed by atoms with Crippen molar-refractivity contribution in [1.29, 1.82) is 0 Å². The SMILES string of the molecule is Cc1cc(CS(=O)(=O)CC(=O)OC(C)(C)C)ccc1/C=C/S(=O)(=O)N1CCC2(CC1)N=C(c1cccc(OC(F)(F)F)c1)NC2=O.Cc1cc(N)ccc1/C=C/S(=O)(=O)N1CCC2(CC1)N=C(c1cccc(OC(F)(F)F)c1)NC2=O. The summed E-state index contributed by atoms with van der Waals surface area (Å²) in [5.74, 6) is -3.60. The molecule has 0 aromatic heterocycles. The van der Waals surface area contributed by atoms with Crippen LogP contribution in [0.15, 0.2) is 106 Å². The number of amidine groups is 2. The maximum atomic E-state index is 13.1. The van der Waals surface area contributed by atoms with Gasteiger partial charge in [0.05, 0.1) is 5.75 Å². The standard InChI is InChI=1S/C30H34F3N3O8S2.C23H23F3N4O4S/c1-20-16-21(18-45(39,40)19-25(37)44-28(2,3)4)8-9-22(20)10-15-46(41,42)36-13-11-29(12-14-36)27(38)34-26(35-29)23-6-5-7-24(17-23)43-30(31,32)33;1-15-13-18(27)6-5-16(15)7-12-35(32,33)30-10-8-22(9-11-30)21(31)28-20(29-22)17-3-2-4-19(14-17)34-23(24,25)26/h5-10,15-17H,11-14,18-19H2,1-4H3,(H,34,35,38);2-7,12-14H,8-11,27H2,1H3,(H,28,29,31)/b15-10+;12-7+. The number of amides is 2. The van der Waals surface area contributed by atoms with Gasteiger partial charge in [-0.15, -0.1) is 26.3 Å². The van der Waals surface area contributed by atoms with Crippen molar-refractivity contribution in [2.45, 2.75) is 95.5 Å². The van der Waals surface area contributed by atoms with Crippen molar-refractivity contribution in [3.05, 3.63) is 135 Å². The average Bonchev–Trinajstić information content (AvgIpc) is 4.11. The number of carbonyl (C=O) groups is 3. The fourth-order valence-electron chi connectivity index (χ4n) is 9.13. The van der Waals surface area contributed by atoms with E-state index in [4.69, 9.17) is 10.5 Å². The summed E-state index contributed by atoms with van der Waals surface area (Å²) in [5, 5.41) is 7.36. The number of nitrogens with two attached hydrogens (primary N) is 1. The molecule has 0 aliphatic carbocycles. The van der Waals surface area contributed by atoms with Gasteiger partial charge in [0.2, 0.25) is 20.0 Å². The molecule has 436 valence electrons. The van der Waals surface area contributed by atoms with Crippen molar-refractivity contribution in [2.24, 2.45) is 9.98 Å². The number of carbonyl (C=O) groups excluding carboxylic acids is 3. The number of benzene rings is 4. The predicted molar refractivity (Wildman–Crippen MR) is 289 cm³/mol. The molecule has 2 amide bonds. The fraction of sp³-hybridized carbons (Fsp3) is 0.377. The van der Waals surface area contributed by atoms with Crippen LogP contribution in [0.4, 0.5) is 32.0 Å². The summed E-state index contributed by atoms with van der Waals surface area (Å²) in [5.41, 5.74) is 6.66. The van der Waals surface area contributed by atoms with Crippen LogP contribution in [0.5, 0.6) is 11.5 Å². The Bertz CT molecular complexity index is 3570. The molecule has 2 spiro atoms. The van der Waals surface area contributed by atoms with Gasteiger partial charge < -0.3 is 30.6 Å². The number of esters is 1. The third kappa shape index (κ3) is 16.3. The number of piperidine rings is 2. The Hall–Kier alpha value is -7.14. The highest BCUT2D eigenvalue weighted by atomic mass is 32.2. The first-order chi connectivity index (χ1) is 37.5. The molecule has 4 aromatic carbocycles. The first kappa shape index (κ1) is 61.5. The number of nitrogen functional groups attached to an aromatic ring is 1. The molecular formula is C53H57F6N7O12S3. The molecule has 4 aliphatic heterocycles. The van der Waals surface area contributed by atoms with Crippen LogP contribution in [0.2, 0.25) is 0 Å². The highest BCUT2D eigenvalue weighted by molar-refractivity contribution is 7.92. The first-order valence-corrected chi connectivity index (χ1v) is 29.6. The monoisotopic (exact) mass is 1190 g/mol. The summed E-state index contributed by atoms with van der Waals surface area (Å²) in [6.45, 7) is 8.51. The Morgan fingerprint density at radius 1 is 0.642 bits per heavy atom. The molecule has 8 rings (SSSR count). The zero-order valence-electron chi connectivity index (χ0n) is 44.2. The third-order valence-electron chi connectivity index (χ3n) is 13.1. The summed E-state index contributed by atoms with van der Waals surface area (Å²) in [6, 6.07) is 20.1. The van der Waals surface area contributed by atoms with E-state index >= 15 is 0 Å². The number of sulfonamides is 2. The Balaban J connectivity index is 0.000000242. The van der Waals surface area contributed by atoms with Gasteiger partial charge >= 0.3 is 18.7 Å². The van der Waals surface area contributed by atoms with Gasteiger partial charge in [-0.25, -0.2) is 25.3 Å². The summed E-state index contributed by atoms with van der Waals surface area (Å²) < 4.78 is 168. The number of anilines is 1. The molecule has 0 bridgehead atoms. The number of rotatable bonds is 14. The zero-order chi connectivity index (χ0) is 59.6. The molecule has 0 saturated carbocycles. The maximum absolute atomic E-state index is 13.1. The molecule has 4 aliphatic rings. The van der Waals surface area contributed by atoms with Crippen molar-refractivity contribution < 1.29 is 80.2 Å². The normalized spacial score (nSPS) is 18.1. The van der Waals surface area contributed by atoms with E-state index in [0.717, 1.165) is 46.2 Å². The number of hydrogen-bond acceptors (Lipinski definition) is 15. The van der Waals surface area contributed by atoms with E-state index in [1.807, 2.05) is 6.92 Å². The number of alkyl halides is 6. The van der Waals surface area contributed by atoms with Gasteiger partial charge in [0.1, 0.15) is 45.6 Å². The molecule has 81 heavy (non-hydrogen) atoms. The minimum atomic E-state index is -4.89. The molecule has 4 aromatic rings. The highest BCUT2D eigenvalue weighted by Gasteiger charge is 2.49. The van der Waals surface area contributed by atoms with Crippen LogP contribution in [0, 0.1) is 13.8 Å². The fourth-order valence-corrected chi connectivity index (χ4v) is 12.7. The predicted octanol–water partition coefficient (Wildman–Crippen LogP) is 7.05. The molecule has 0 unspecified atom stereocenters. The topological polar surface area (TPSA) is 263 Å². The lowest BCUT2D eigenvalue weighted by atomic mass is 9.89. The lowest BCUT2D eigenvalue weighted by Crippen LogP contribution is -2.50. The molecule has 28 heteroatoms. The van der Waals surface area contributed by atoms with Crippen molar-refractivity contribution in [3.63, 3.8) is 0 Å². The zero-order valence-corrected chi connectivity index (χ0v) is 46.7. The Labute approximate surface area is 464 Å². The molecule has 2 fully saturated rings. The van der Waals surface area contributed by atoms with E-state index in [2.05, 4.69) is 30.1 Å². The van der Waals surface area contributed by atoms with E-state index in [-0.39, 0.29) is 74.7 Å². The van der Waals surface area contributed by atoms with E-state index in [1.54, 1.807) is 58.0 Å². The van der Waals surface area contributed by atoms with E-state index in [1.165, 1.54) is 51.1 Å². The number of aliphatic imine (C=N–C) groups is 2.